The average Bonchev–Trinajstić information content (AvgIpc) is 3.21. The van der Waals surface area contributed by atoms with Crippen molar-refractivity contribution in [3.05, 3.63) is 59.2 Å². The van der Waals surface area contributed by atoms with Crippen molar-refractivity contribution in [1.82, 2.24) is 24.1 Å². The lowest BCUT2D eigenvalue weighted by atomic mass is 10.2. The molecule has 0 radical (unpaired) electrons. The molecule has 14 heteroatoms. The maximum absolute atomic E-state index is 13.5. The summed E-state index contributed by atoms with van der Waals surface area (Å²) >= 11 is 0.996. The number of piperazine rings is 1. The number of nitrogens with one attached hydrogen (secondary N) is 2. The molecule has 0 bridgehead atoms. The maximum Gasteiger partial charge on any atom is 0.274 e. The number of halogens is 4. The van der Waals surface area contributed by atoms with Crippen LogP contribution in [0, 0.1) is 18.6 Å². The van der Waals surface area contributed by atoms with Gasteiger partial charge in [0, 0.05) is 37.9 Å². The largest absolute Gasteiger partial charge is 0.335 e. The average molecular weight is 524 g/mol. The van der Waals surface area contributed by atoms with E-state index in [4.69, 9.17) is 0 Å². The van der Waals surface area contributed by atoms with E-state index >= 15 is 0 Å². The van der Waals surface area contributed by atoms with Crippen molar-refractivity contribution in [2.24, 2.45) is 0 Å². The molecule has 4 rings (SSSR count). The third kappa shape index (κ3) is 5.94. The van der Waals surface area contributed by atoms with Gasteiger partial charge in [0.1, 0.15) is 16.5 Å². The Morgan fingerprint density at radius 1 is 1.08 bits per heavy atom. The first-order chi connectivity index (χ1) is 17.2. The van der Waals surface area contributed by atoms with E-state index in [1.165, 1.54) is 23.4 Å². The number of aromatic nitrogens is 3. The summed E-state index contributed by atoms with van der Waals surface area (Å²) in [6.45, 7) is 2.62. The lowest BCUT2D eigenvalue weighted by Gasteiger charge is -2.34. The van der Waals surface area contributed by atoms with E-state index in [0.717, 1.165) is 23.7 Å². The van der Waals surface area contributed by atoms with Crippen molar-refractivity contribution in [2.75, 3.05) is 43.4 Å². The van der Waals surface area contributed by atoms with Crippen molar-refractivity contribution in [2.45, 2.75) is 13.3 Å². The molecule has 1 aliphatic rings. The summed E-state index contributed by atoms with van der Waals surface area (Å²) in [5, 5.41) is 5.78. The monoisotopic (exact) mass is 523 g/mol. The number of alkyl halides is 2. The number of hydrogen-bond donors (Lipinski definition) is 2. The molecule has 0 unspecified atom stereocenters. The number of hydrogen-bond acceptors (Lipinski definition) is 8. The van der Waals surface area contributed by atoms with Crippen LogP contribution in [0.3, 0.4) is 0 Å². The Labute approximate surface area is 207 Å². The van der Waals surface area contributed by atoms with E-state index in [2.05, 4.69) is 25.0 Å². The highest BCUT2D eigenvalue weighted by molar-refractivity contribution is 7.10. The lowest BCUT2D eigenvalue weighted by Crippen LogP contribution is -2.49. The van der Waals surface area contributed by atoms with Crippen LogP contribution in [0.4, 0.5) is 34.1 Å². The van der Waals surface area contributed by atoms with Gasteiger partial charge in [0.15, 0.2) is 11.6 Å². The summed E-state index contributed by atoms with van der Waals surface area (Å²) in [6.07, 6.45) is 0.190. The van der Waals surface area contributed by atoms with Gasteiger partial charge < -0.3 is 15.5 Å². The van der Waals surface area contributed by atoms with E-state index < -0.39 is 24.0 Å². The Morgan fingerprint density at radius 2 is 1.83 bits per heavy atom. The molecule has 0 spiro atoms. The van der Waals surface area contributed by atoms with Gasteiger partial charge in [0.05, 0.1) is 30.2 Å². The van der Waals surface area contributed by atoms with Crippen molar-refractivity contribution in [1.29, 1.82) is 0 Å². The third-order valence-electron chi connectivity index (χ3n) is 5.44. The zero-order valence-corrected chi connectivity index (χ0v) is 19.8. The molecule has 0 saturated carbocycles. The number of rotatable bonds is 7. The van der Waals surface area contributed by atoms with E-state index in [1.54, 1.807) is 11.8 Å². The van der Waals surface area contributed by atoms with Crippen molar-refractivity contribution in [3.8, 4) is 0 Å². The van der Waals surface area contributed by atoms with E-state index in [-0.39, 0.29) is 35.2 Å². The zero-order chi connectivity index (χ0) is 25.8. The second-order valence-corrected chi connectivity index (χ2v) is 8.72. The Hall–Kier alpha value is -3.65. The van der Waals surface area contributed by atoms with Gasteiger partial charge in [-0.15, -0.1) is 0 Å². The van der Waals surface area contributed by atoms with Crippen LogP contribution < -0.4 is 10.6 Å². The minimum Gasteiger partial charge on any atom is -0.335 e. The van der Waals surface area contributed by atoms with Crippen LogP contribution in [-0.4, -0.2) is 75.1 Å². The minimum absolute atomic E-state index is 0.0770. The van der Waals surface area contributed by atoms with Gasteiger partial charge in [-0.2, -0.15) is 4.37 Å². The predicted molar refractivity (Wildman–Crippen MR) is 125 cm³/mol. The van der Waals surface area contributed by atoms with Crippen LogP contribution in [0.2, 0.25) is 0 Å². The van der Waals surface area contributed by atoms with Crippen molar-refractivity contribution in [3.63, 3.8) is 0 Å². The predicted octanol–water partition coefficient (Wildman–Crippen LogP) is 3.54. The van der Waals surface area contributed by atoms with E-state index in [1.807, 2.05) is 0 Å². The van der Waals surface area contributed by atoms with Crippen molar-refractivity contribution >= 4 is 39.9 Å². The molecule has 1 aliphatic heterocycles. The van der Waals surface area contributed by atoms with Crippen LogP contribution in [-0.2, 0) is 0 Å². The van der Waals surface area contributed by atoms with Crippen LogP contribution in [0.25, 0.3) is 0 Å². The van der Waals surface area contributed by atoms with Gasteiger partial charge in [0.2, 0.25) is 0 Å². The highest BCUT2D eigenvalue weighted by Gasteiger charge is 2.25. The second-order valence-electron chi connectivity index (χ2n) is 7.95. The highest BCUT2D eigenvalue weighted by Crippen LogP contribution is 2.28. The molecule has 0 atom stereocenters. The number of anilines is 3. The molecule has 2 N–H and O–H groups in total. The SMILES string of the molecule is Cc1nsc(Nc2cnc(C(=O)N3CCN(CC(F)F)CC3)cn2)c1C(=O)Nc1ccc(F)c(F)c1. The molecule has 1 aromatic carbocycles. The molecular weight excluding hydrogens is 502 g/mol. The Kier molecular flexibility index (Phi) is 7.74. The summed E-state index contributed by atoms with van der Waals surface area (Å²) in [7, 11) is 0. The molecule has 0 aliphatic carbocycles. The van der Waals surface area contributed by atoms with Gasteiger partial charge in [-0.25, -0.2) is 27.5 Å². The summed E-state index contributed by atoms with van der Waals surface area (Å²) in [5.74, 6) is -2.81. The van der Waals surface area contributed by atoms with Gasteiger partial charge in [-0.05, 0) is 30.6 Å². The van der Waals surface area contributed by atoms with E-state index in [0.29, 0.717) is 36.9 Å². The lowest BCUT2D eigenvalue weighted by molar-refractivity contribution is 0.0455. The van der Waals surface area contributed by atoms with Crippen molar-refractivity contribution < 1.29 is 27.2 Å². The molecular formula is C22H21F4N7O2S. The molecule has 2 amide bonds. The number of aryl methyl sites for hydroxylation is 1. The highest BCUT2D eigenvalue weighted by atomic mass is 32.1. The fourth-order valence-corrected chi connectivity index (χ4v) is 4.40. The molecule has 3 aromatic rings. The smallest absolute Gasteiger partial charge is 0.274 e. The molecule has 1 saturated heterocycles. The Morgan fingerprint density at radius 3 is 2.47 bits per heavy atom. The number of benzene rings is 1. The Bertz CT molecular complexity index is 1250. The van der Waals surface area contributed by atoms with Crippen LogP contribution in [0.1, 0.15) is 26.5 Å². The molecule has 9 nitrogen and oxygen atoms in total. The van der Waals surface area contributed by atoms with Crippen LogP contribution >= 0.6 is 11.5 Å². The second kappa shape index (κ2) is 11.0. The zero-order valence-electron chi connectivity index (χ0n) is 19.0. The number of nitrogens with zero attached hydrogens (tertiary/aromatic N) is 5. The summed E-state index contributed by atoms with van der Waals surface area (Å²) < 4.78 is 55.8. The number of carbonyl (C=O) groups is 2. The maximum atomic E-state index is 13.5. The quantitative estimate of drug-likeness (QED) is 0.457. The number of amides is 2. The first-order valence-corrected chi connectivity index (χ1v) is 11.6. The topological polar surface area (TPSA) is 103 Å². The molecule has 2 aromatic heterocycles. The van der Waals surface area contributed by atoms with E-state index in [9.17, 15) is 27.2 Å². The van der Waals surface area contributed by atoms with Crippen LogP contribution in [0.5, 0.6) is 0 Å². The van der Waals surface area contributed by atoms with Gasteiger partial charge in [-0.1, -0.05) is 0 Å². The minimum atomic E-state index is -2.42. The fraction of sp³-hybridized carbons (Fsp3) is 0.318. The normalized spacial score (nSPS) is 14.2. The Balaban J connectivity index is 1.40. The van der Waals surface area contributed by atoms with Gasteiger partial charge in [-0.3, -0.25) is 14.5 Å². The molecule has 1 fully saturated rings. The molecule has 3 heterocycles. The fourth-order valence-electron chi connectivity index (χ4n) is 3.60. The standard InChI is InChI=1S/C22H21F4N7O2S/c1-12-19(20(34)29-13-2-3-14(23)15(24)8-13)21(36-31-12)30-18-10-27-16(9-28-18)22(35)33-6-4-32(5-7-33)11-17(25)26/h2-3,8-10,17H,4-7,11H2,1H3,(H,28,30)(H,29,34). The first-order valence-electron chi connectivity index (χ1n) is 10.8. The summed E-state index contributed by atoms with van der Waals surface area (Å²) in [6, 6.07) is 3.01. The summed E-state index contributed by atoms with van der Waals surface area (Å²) in [5.41, 5.74) is 0.773. The van der Waals surface area contributed by atoms with Crippen LogP contribution in [0.15, 0.2) is 30.6 Å². The van der Waals surface area contributed by atoms with Gasteiger partial charge >= 0.3 is 0 Å². The summed E-state index contributed by atoms with van der Waals surface area (Å²) in [4.78, 5) is 36.9. The third-order valence-corrected chi connectivity index (χ3v) is 6.29. The molecule has 190 valence electrons. The first kappa shape index (κ1) is 25.4. The molecule has 36 heavy (non-hydrogen) atoms. The number of carbonyl (C=O) groups excluding carboxylic acids is 2. The van der Waals surface area contributed by atoms with Gasteiger partial charge in [0.25, 0.3) is 18.2 Å².